The minimum absolute atomic E-state index is 0.417. The molecule has 0 amide bonds. The molecule has 0 aromatic rings. The molecule has 0 aliphatic carbocycles. The molecule has 0 aliphatic heterocycles. The normalized spacial score (nSPS) is 15.0. The molecule has 0 rings (SSSR count). The van der Waals surface area contributed by atoms with Crippen molar-refractivity contribution in [1.29, 1.82) is 0 Å². The van der Waals surface area contributed by atoms with Crippen LogP contribution in [0, 0.1) is 0 Å². The molecule has 0 aromatic heterocycles. The first-order valence-electron chi connectivity index (χ1n) is 4.46. The van der Waals surface area contributed by atoms with Gasteiger partial charge in [-0.2, -0.15) is 0 Å². The zero-order valence-corrected chi connectivity index (χ0v) is 9.06. The van der Waals surface area contributed by atoms with Crippen LogP contribution in [0.25, 0.3) is 0 Å². The third-order valence-corrected chi connectivity index (χ3v) is 6.62. The monoisotopic (exact) mass is 174 g/mol. The average Bonchev–Trinajstić information content (AvgIpc) is 1.88. The molecule has 1 atom stereocenters. The van der Waals surface area contributed by atoms with Crippen LogP contribution in [0.15, 0.2) is 0 Å². The van der Waals surface area contributed by atoms with Gasteiger partial charge in [-0.05, 0) is 18.6 Å². The zero-order valence-electron chi connectivity index (χ0n) is 8.06. The van der Waals surface area contributed by atoms with E-state index < -0.39 is 8.07 Å². The van der Waals surface area contributed by atoms with Crippen molar-refractivity contribution in [2.24, 2.45) is 11.5 Å². The van der Waals surface area contributed by atoms with E-state index >= 15 is 0 Å². The summed E-state index contributed by atoms with van der Waals surface area (Å²) in [6.07, 6.45) is 2.42. The largest absolute Gasteiger partial charge is 0.331 e. The molecule has 0 aliphatic rings. The van der Waals surface area contributed by atoms with E-state index in [4.69, 9.17) is 11.5 Å². The second-order valence-electron chi connectivity index (χ2n) is 4.02. The third kappa shape index (κ3) is 4.56. The van der Waals surface area contributed by atoms with Gasteiger partial charge in [0.2, 0.25) is 0 Å². The van der Waals surface area contributed by atoms with E-state index in [0.29, 0.717) is 5.67 Å². The van der Waals surface area contributed by atoms with E-state index in [1.54, 1.807) is 0 Å². The van der Waals surface area contributed by atoms with Crippen LogP contribution in [0.1, 0.15) is 19.8 Å². The Bertz CT molecular complexity index is 102. The molecule has 0 saturated heterocycles. The van der Waals surface area contributed by atoms with Gasteiger partial charge in [-0.3, -0.25) is 0 Å². The summed E-state index contributed by atoms with van der Waals surface area (Å²) in [7, 11) is -1.10. The fourth-order valence-electron chi connectivity index (χ4n) is 0.953. The Balaban J connectivity index is 3.55. The smallest absolute Gasteiger partial charge is 0.0658 e. The van der Waals surface area contributed by atoms with Gasteiger partial charge in [-0.25, -0.2) is 0 Å². The van der Waals surface area contributed by atoms with Crippen molar-refractivity contribution in [2.45, 2.75) is 44.6 Å². The first-order chi connectivity index (χ1) is 5.00. The van der Waals surface area contributed by atoms with Gasteiger partial charge < -0.3 is 11.5 Å². The first-order valence-corrected chi connectivity index (χ1v) is 7.75. The predicted octanol–water partition coefficient (Wildman–Crippen LogP) is 1.32. The van der Waals surface area contributed by atoms with Crippen molar-refractivity contribution in [3.63, 3.8) is 0 Å². The van der Waals surface area contributed by atoms with Gasteiger partial charge in [-0.1, -0.05) is 32.5 Å². The summed E-state index contributed by atoms with van der Waals surface area (Å²) in [5.74, 6) is 0. The van der Waals surface area contributed by atoms with Crippen LogP contribution >= 0.6 is 0 Å². The highest BCUT2D eigenvalue weighted by atomic mass is 28.3. The van der Waals surface area contributed by atoms with Crippen LogP contribution in [0.2, 0.25) is 19.1 Å². The van der Waals surface area contributed by atoms with Gasteiger partial charge in [0.25, 0.3) is 0 Å². The Labute approximate surface area is 71.4 Å². The summed E-state index contributed by atoms with van der Waals surface area (Å²) in [6, 6.07) is 1.32. The minimum Gasteiger partial charge on any atom is -0.331 e. The van der Waals surface area contributed by atoms with E-state index in [9.17, 15) is 0 Å². The minimum atomic E-state index is -1.10. The highest BCUT2D eigenvalue weighted by molar-refractivity contribution is 6.78. The Morgan fingerprint density at radius 1 is 1.27 bits per heavy atom. The zero-order chi connectivity index (χ0) is 8.91. The topological polar surface area (TPSA) is 52.0 Å². The Hall–Kier alpha value is 0.137. The lowest BCUT2D eigenvalue weighted by molar-refractivity contribution is 0.784. The Morgan fingerprint density at radius 2 is 1.82 bits per heavy atom. The number of hydrogen-bond acceptors (Lipinski definition) is 2. The number of nitrogens with two attached hydrogens (primary N) is 2. The average molecular weight is 174 g/mol. The van der Waals surface area contributed by atoms with Crippen LogP contribution in [-0.2, 0) is 0 Å². The predicted molar refractivity (Wildman–Crippen MR) is 54.2 cm³/mol. The molecule has 3 heteroatoms. The maximum absolute atomic E-state index is 5.88. The number of rotatable bonds is 5. The van der Waals surface area contributed by atoms with Gasteiger partial charge >= 0.3 is 0 Å². The van der Waals surface area contributed by atoms with Gasteiger partial charge in [0.15, 0.2) is 0 Å². The van der Waals surface area contributed by atoms with Crippen LogP contribution in [0.5, 0.6) is 0 Å². The van der Waals surface area contributed by atoms with Crippen LogP contribution in [0.3, 0.4) is 0 Å². The van der Waals surface area contributed by atoms with Crippen molar-refractivity contribution in [3.8, 4) is 0 Å². The van der Waals surface area contributed by atoms with Crippen molar-refractivity contribution in [3.05, 3.63) is 0 Å². The number of unbranched alkanes of at least 4 members (excludes halogenated alkanes) is 1. The van der Waals surface area contributed by atoms with Crippen molar-refractivity contribution < 1.29 is 0 Å². The van der Waals surface area contributed by atoms with Gasteiger partial charge in [0, 0.05) is 0 Å². The quantitative estimate of drug-likeness (QED) is 0.488. The third-order valence-electron chi connectivity index (χ3n) is 2.51. The molecular weight excluding hydrogens is 152 g/mol. The summed E-state index contributed by atoms with van der Waals surface area (Å²) >= 11 is 0. The maximum Gasteiger partial charge on any atom is 0.0658 e. The van der Waals surface area contributed by atoms with Gasteiger partial charge in [-0.15, -0.1) is 0 Å². The fourth-order valence-corrected chi connectivity index (χ4v) is 2.57. The highest BCUT2D eigenvalue weighted by Gasteiger charge is 2.24. The molecule has 4 N–H and O–H groups in total. The lowest BCUT2D eigenvalue weighted by atomic mass is 10.3. The standard InChI is InChI=1S/C8H22N2Si/c1-8(10)11(2,3)7-5-4-6-9/h8H,4-7,9-10H2,1-3H3. The molecule has 0 radical (unpaired) electrons. The second-order valence-corrected chi connectivity index (χ2v) is 9.41. The molecule has 0 bridgehead atoms. The van der Waals surface area contributed by atoms with E-state index in [1.807, 2.05) is 0 Å². The molecule has 0 spiro atoms. The lowest BCUT2D eigenvalue weighted by Crippen LogP contribution is -2.45. The Morgan fingerprint density at radius 3 is 2.18 bits per heavy atom. The lowest BCUT2D eigenvalue weighted by Gasteiger charge is -2.26. The molecule has 11 heavy (non-hydrogen) atoms. The summed E-state index contributed by atoms with van der Waals surface area (Å²) in [6.45, 7) is 7.67. The molecule has 1 unspecified atom stereocenters. The molecule has 0 heterocycles. The molecule has 2 nitrogen and oxygen atoms in total. The fraction of sp³-hybridized carbons (Fsp3) is 1.00. The van der Waals surface area contributed by atoms with Gasteiger partial charge in [0.1, 0.15) is 0 Å². The van der Waals surface area contributed by atoms with Crippen molar-refractivity contribution in [2.75, 3.05) is 6.54 Å². The SMILES string of the molecule is CC(N)[Si](C)(C)CCCCN. The maximum atomic E-state index is 5.88. The second kappa shape index (κ2) is 4.90. The first kappa shape index (κ1) is 11.1. The van der Waals surface area contributed by atoms with E-state index in [0.717, 1.165) is 13.0 Å². The summed E-state index contributed by atoms with van der Waals surface area (Å²) in [5, 5.41) is 0. The molecule has 0 saturated carbocycles. The van der Waals surface area contributed by atoms with Crippen LogP contribution in [0.4, 0.5) is 0 Å². The highest BCUT2D eigenvalue weighted by Crippen LogP contribution is 2.15. The van der Waals surface area contributed by atoms with Crippen LogP contribution < -0.4 is 11.5 Å². The van der Waals surface area contributed by atoms with Crippen molar-refractivity contribution in [1.82, 2.24) is 0 Å². The number of hydrogen-bond donors (Lipinski definition) is 2. The summed E-state index contributed by atoms with van der Waals surface area (Å²) < 4.78 is 0. The molecule has 0 fully saturated rings. The van der Waals surface area contributed by atoms with E-state index in [2.05, 4.69) is 20.0 Å². The van der Waals surface area contributed by atoms with Crippen LogP contribution in [-0.4, -0.2) is 20.3 Å². The summed E-state index contributed by atoms with van der Waals surface area (Å²) in [5.41, 5.74) is 11.7. The van der Waals surface area contributed by atoms with E-state index in [-0.39, 0.29) is 0 Å². The molecular formula is C8H22N2Si. The van der Waals surface area contributed by atoms with E-state index in [1.165, 1.54) is 12.5 Å². The van der Waals surface area contributed by atoms with Crippen molar-refractivity contribution >= 4 is 8.07 Å². The Kier molecular flexibility index (Phi) is 4.96. The molecule has 68 valence electrons. The molecule has 0 aromatic carbocycles. The van der Waals surface area contributed by atoms with Gasteiger partial charge in [0.05, 0.1) is 8.07 Å². The summed E-state index contributed by atoms with van der Waals surface area (Å²) in [4.78, 5) is 0.